The molecule has 2 saturated heterocycles. The highest BCUT2D eigenvalue weighted by molar-refractivity contribution is 5.88. The Hall–Kier alpha value is -1.92. The number of piperazine rings is 1. The van der Waals surface area contributed by atoms with E-state index in [1.807, 2.05) is 6.07 Å². The molecule has 2 amide bonds. The molecule has 2 fully saturated rings. The predicted octanol–water partition coefficient (Wildman–Crippen LogP) is 1.35. The number of carbonyl (C=O) groups is 2. The average Bonchev–Trinajstić information content (AvgIpc) is 2.70. The van der Waals surface area contributed by atoms with Crippen LogP contribution in [-0.4, -0.2) is 62.1 Å². The molecule has 3 rings (SSSR count). The van der Waals surface area contributed by atoms with Crippen LogP contribution < -0.4 is 10.6 Å². The molecule has 0 saturated carbocycles. The summed E-state index contributed by atoms with van der Waals surface area (Å²) >= 11 is 0. The van der Waals surface area contributed by atoms with Gasteiger partial charge in [-0.25, -0.2) is 0 Å². The van der Waals surface area contributed by atoms with Gasteiger partial charge in [-0.05, 0) is 43.7 Å². The summed E-state index contributed by atoms with van der Waals surface area (Å²) in [5, 5.41) is 5.93. The van der Waals surface area contributed by atoms with Crippen molar-refractivity contribution in [3.8, 4) is 0 Å². The van der Waals surface area contributed by atoms with Crippen LogP contribution in [0, 0.1) is 5.92 Å². The third-order valence-corrected chi connectivity index (χ3v) is 5.50. The SMILES string of the molecule is O=C(CC1C(=O)NCCN1CCCc1ccccc1)NCC1CCOCC1. The third-order valence-electron chi connectivity index (χ3n) is 5.50. The van der Waals surface area contributed by atoms with Gasteiger partial charge in [0.1, 0.15) is 0 Å². The fourth-order valence-corrected chi connectivity index (χ4v) is 3.84. The lowest BCUT2D eigenvalue weighted by atomic mass is 10.00. The van der Waals surface area contributed by atoms with Crippen LogP contribution in [0.5, 0.6) is 0 Å². The second-order valence-electron chi connectivity index (χ2n) is 7.50. The number of aryl methyl sites for hydroxylation is 1. The van der Waals surface area contributed by atoms with E-state index in [2.05, 4.69) is 39.8 Å². The van der Waals surface area contributed by atoms with E-state index in [0.29, 0.717) is 19.0 Å². The van der Waals surface area contributed by atoms with Gasteiger partial charge in [0.25, 0.3) is 0 Å². The van der Waals surface area contributed by atoms with Crippen molar-refractivity contribution in [2.45, 2.75) is 38.1 Å². The monoisotopic (exact) mass is 373 g/mol. The molecule has 2 N–H and O–H groups in total. The summed E-state index contributed by atoms with van der Waals surface area (Å²) in [6.07, 6.45) is 4.20. The van der Waals surface area contributed by atoms with Crippen molar-refractivity contribution in [3.05, 3.63) is 35.9 Å². The molecule has 0 spiro atoms. The number of hydrogen-bond donors (Lipinski definition) is 2. The van der Waals surface area contributed by atoms with Crippen LogP contribution in [0.15, 0.2) is 30.3 Å². The van der Waals surface area contributed by atoms with Gasteiger partial charge in [0.05, 0.1) is 12.5 Å². The molecule has 6 nitrogen and oxygen atoms in total. The summed E-state index contributed by atoms with van der Waals surface area (Å²) in [6.45, 7) is 4.54. The quantitative estimate of drug-likeness (QED) is 0.722. The van der Waals surface area contributed by atoms with Gasteiger partial charge in [-0.2, -0.15) is 0 Å². The van der Waals surface area contributed by atoms with Crippen LogP contribution >= 0.6 is 0 Å². The molecule has 1 aromatic carbocycles. The lowest BCUT2D eigenvalue weighted by Gasteiger charge is -2.34. The molecule has 148 valence electrons. The zero-order valence-corrected chi connectivity index (χ0v) is 16.0. The van der Waals surface area contributed by atoms with Gasteiger partial charge in [0.2, 0.25) is 11.8 Å². The molecule has 2 aliphatic heterocycles. The van der Waals surface area contributed by atoms with Crippen molar-refractivity contribution in [1.82, 2.24) is 15.5 Å². The number of hydrogen-bond acceptors (Lipinski definition) is 4. The van der Waals surface area contributed by atoms with E-state index in [-0.39, 0.29) is 24.3 Å². The molecule has 2 heterocycles. The maximum Gasteiger partial charge on any atom is 0.237 e. The van der Waals surface area contributed by atoms with Gasteiger partial charge >= 0.3 is 0 Å². The van der Waals surface area contributed by atoms with E-state index in [0.717, 1.165) is 52.0 Å². The number of nitrogens with zero attached hydrogens (tertiary/aromatic N) is 1. The van der Waals surface area contributed by atoms with E-state index in [4.69, 9.17) is 4.74 Å². The van der Waals surface area contributed by atoms with E-state index in [1.54, 1.807) is 0 Å². The van der Waals surface area contributed by atoms with E-state index in [1.165, 1.54) is 5.56 Å². The summed E-state index contributed by atoms with van der Waals surface area (Å²) in [6, 6.07) is 10.0. The van der Waals surface area contributed by atoms with Crippen LogP contribution in [0.3, 0.4) is 0 Å². The topological polar surface area (TPSA) is 70.7 Å². The third kappa shape index (κ3) is 6.33. The summed E-state index contributed by atoms with van der Waals surface area (Å²) in [5.41, 5.74) is 1.31. The Morgan fingerprint density at radius 2 is 2.00 bits per heavy atom. The Labute approximate surface area is 161 Å². The molecule has 0 aliphatic carbocycles. The van der Waals surface area contributed by atoms with Crippen LogP contribution in [0.25, 0.3) is 0 Å². The summed E-state index contributed by atoms with van der Waals surface area (Å²) in [4.78, 5) is 26.9. The number of carbonyl (C=O) groups excluding carboxylic acids is 2. The largest absolute Gasteiger partial charge is 0.381 e. The van der Waals surface area contributed by atoms with Crippen molar-refractivity contribution in [2.75, 3.05) is 39.4 Å². The van der Waals surface area contributed by atoms with Gasteiger partial charge in [0.15, 0.2) is 0 Å². The first kappa shape index (κ1) is 19.8. The van der Waals surface area contributed by atoms with E-state index in [9.17, 15) is 9.59 Å². The molecule has 0 aromatic heterocycles. The summed E-state index contributed by atoms with van der Waals surface area (Å²) in [5.74, 6) is 0.434. The zero-order valence-electron chi connectivity index (χ0n) is 16.0. The Kier molecular flexibility index (Phi) is 7.66. The predicted molar refractivity (Wildman–Crippen MR) is 104 cm³/mol. The normalized spacial score (nSPS) is 21.6. The maximum absolute atomic E-state index is 12.4. The molecule has 27 heavy (non-hydrogen) atoms. The summed E-state index contributed by atoms with van der Waals surface area (Å²) < 4.78 is 5.35. The first-order chi connectivity index (χ1) is 13.2. The lowest BCUT2D eigenvalue weighted by Crippen LogP contribution is -2.56. The highest BCUT2D eigenvalue weighted by Crippen LogP contribution is 2.14. The van der Waals surface area contributed by atoms with Crippen molar-refractivity contribution >= 4 is 11.8 Å². The van der Waals surface area contributed by atoms with Crippen molar-refractivity contribution < 1.29 is 14.3 Å². The number of rotatable bonds is 8. The zero-order chi connectivity index (χ0) is 18.9. The molecular weight excluding hydrogens is 342 g/mol. The Morgan fingerprint density at radius 3 is 2.78 bits per heavy atom. The Balaban J connectivity index is 1.44. The fraction of sp³-hybridized carbons (Fsp3) is 0.619. The van der Waals surface area contributed by atoms with Gasteiger partial charge in [-0.15, -0.1) is 0 Å². The van der Waals surface area contributed by atoms with E-state index >= 15 is 0 Å². The van der Waals surface area contributed by atoms with E-state index < -0.39 is 0 Å². The second kappa shape index (κ2) is 10.4. The molecule has 1 aromatic rings. The molecule has 1 unspecified atom stereocenters. The lowest BCUT2D eigenvalue weighted by molar-refractivity contribution is -0.134. The molecule has 1 atom stereocenters. The highest BCUT2D eigenvalue weighted by Gasteiger charge is 2.31. The van der Waals surface area contributed by atoms with Crippen LogP contribution in [0.4, 0.5) is 0 Å². The van der Waals surface area contributed by atoms with Gasteiger partial charge < -0.3 is 15.4 Å². The first-order valence-corrected chi connectivity index (χ1v) is 10.1. The molecule has 0 bridgehead atoms. The number of benzene rings is 1. The second-order valence-corrected chi connectivity index (χ2v) is 7.50. The van der Waals surface area contributed by atoms with Crippen LogP contribution in [-0.2, 0) is 20.7 Å². The highest BCUT2D eigenvalue weighted by atomic mass is 16.5. The van der Waals surface area contributed by atoms with Crippen molar-refractivity contribution in [1.29, 1.82) is 0 Å². The molecule has 6 heteroatoms. The van der Waals surface area contributed by atoms with Crippen LogP contribution in [0.1, 0.15) is 31.2 Å². The average molecular weight is 373 g/mol. The molecular formula is C21H31N3O3. The minimum Gasteiger partial charge on any atom is -0.381 e. The summed E-state index contributed by atoms with van der Waals surface area (Å²) in [7, 11) is 0. The number of amides is 2. The minimum atomic E-state index is -0.357. The van der Waals surface area contributed by atoms with Crippen molar-refractivity contribution in [3.63, 3.8) is 0 Å². The Morgan fingerprint density at radius 1 is 1.22 bits per heavy atom. The molecule has 2 aliphatic rings. The van der Waals surface area contributed by atoms with Gasteiger partial charge in [-0.3, -0.25) is 14.5 Å². The number of nitrogens with one attached hydrogen (secondary N) is 2. The fourth-order valence-electron chi connectivity index (χ4n) is 3.84. The number of ether oxygens (including phenoxy) is 1. The molecule has 0 radical (unpaired) electrons. The van der Waals surface area contributed by atoms with Gasteiger partial charge in [-0.1, -0.05) is 30.3 Å². The first-order valence-electron chi connectivity index (χ1n) is 10.1. The minimum absolute atomic E-state index is 0.0258. The smallest absolute Gasteiger partial charge is 0.237 e. The Bertz CT molecular complexity index is 602. The maximum atomic E-state index is 12.4. The van der Waals surface area contributed by atoms with Crippen molar-refractivity contribution in [2.24, 2.45) is 5.92 Å². The van der Waals surface area contributed by atoms with Gasteiger partial charge in [0, 0.05) is 32.8 Å². The standard InChI is InChI=1S/C21H31N3O3/c25-20(23-16-18-8-13-27-14-9-18)15-19-21(26)22-10-12-24(19)11-4-7-17-5-2-1-3-6-17/h1-3,5-6,18-19H,4,7-16H2,(H,22,26)(H,23,25). The van der Waals surface area contributed by atoms with Crippen LogP contribution in [0.2, 0.25) is 0 Å².